The molecular formula is C23H24Cl2N2O3. The normalized spacial score (nSPS) is 16.7. The first-order valence-corrected chi connectivity index (χ1v) is 10.6. The minimum atomic E-state index is 0.111. The van der Waals surface area contributed by atoms with Crippen LogP contribution in [0, 0.1) is 0 Å². The molecule has 3 aromatic rings. The predicted octanol–water partition coefficient (Wildman–Crippen LogP) is 5.64. The highest BCUT2D eigenvalue weighted by Crippen LogP contribution is 2.37. The Kier molecular flexibility index (Phi) is 6.14. The Hall–Kier alpha value is -2.34. The number of hydrogen-bond donors (Lipinski definition) is 1. The van der Waals surface area contributed by atoms with E-state index in [-0.39, 0.29) is 5.88 Å². The van der Waals surface area contributed by atoms with E-state index in [1.807, 2.05) is 36.5 Å². The molecule has 2 aromatic carbocycles. The van der Waals surface area contributed by atoms with Gasteiger partial charge < -0.3 is 19.5 Å². The summed E-state index contributed by atoms with van der Waals surface area (Å²) >= 11 is 12.2. The SMILES string of the molecule is COc1ccc(-n2ccc(-c3ccc(Cl)c(Cl)c3)c2O)cc1OCC1CCCN1C. The lowest BCUT2D eigenvalue weighted by molar-refractivity contribution is 0.193. The molecule has 2 heterocycles. The first-order chi connectivity index (χ1) is 14.5. The van der Waals surface area contributed by atoms with Gasteiger partial charge in [-0.15, -0.1) is 0 Å². The lowest BCUT2D eigenvalue weighted by atomic mass is 10.1. The third kappa shape index (κ3) is 4.10. The fourth-order valence-electron chi connectivity index (χ4n) is 3.83. The zero-order valence-corrected chi connectivity index (χ0v) is 18.5. The van der Waals surface area contributed by atoms with E-state index in [2.05, 4.69) is 11.9 Å². The van der Waals surface area contributed by atoms with Gasteiger partial charge >= 0.3 is 0 Å². The van der Waals surface area contributed by atoms with E-state index in [9.17, 15) is 5.11 Å². The molecule has 1 N–H and O–H groups in total. The molecule has 7 heteroatoms. The number of benzene rings is 2. The van der Waals surface area contributed by atoms with Crippen molar-refractivity contribution in [3.05, 3.63) is 58.7 Å². The van der Waals surface area contributed by atoms with Crippen LogP contribution in [0.2, 0.25) is 10.0 Å². The van der Waals surface area contributed by atoms with Crippen LogP contribution in [0.5, 0.6) is 17.4 Å². The maximum atomic E-state index is 10.9. The topological polar surface area (TPSA) is 46.9 Å². The van der Waals surface area contributed by atoms with Crippen molar-refractivity contribution in [2.75, 3.05) is 27.3 Å². The smallest absolute Gasteiger partial charge is 0.203 e. The Morgan fingerprint density at radius 2 is 1.90 bits per heavy atom. The molecule has 0 bridgehead atoms. The molecule has 1 fully saturated rings. The zero-order chi connectivity index (χ0) is 21.3. The van der Waals surface area contributed by atoms with E-state index < -0.39 is 0 Å². The third-order valence-corrected chi connectivity index (χ3v) is 6.36. The maximum Gasteiger partial charge on any atom is 0.203 e. The van der Waals surface area contributed by atoms with E-state index in [0.29, 0.717) is 39.8 Å². The summed E-state index contributed by atoms with van der Waals surface area (Å²) in [6, 6.07) is 13.1. The largest absolute Gasteiger partial charge is 0.494 e. The summed E-state index contributed by atoms with van der Waals surface area (Å²) < 4.78 is 13.3. The van der Waals surface area contributed by atoms with Gasteiger partial charge in [-0.25, -0.2) is 0 Å². The van der Waals surface area contributed by atoms with Gasteiger partial charge in [-0.3, -0.25) is 4.57 Å². The average molecular weight is 447 g/mol. The van der Waals surface area contributed by atoms with Gasteiger partial charge in [0.25, 0.3) is 0 Å². The predicted molar refractivity (Wildman–Crippen MR) is 121 cm³/mol. The second-order valence-corrected chi connectivity index (χ2v) is 8.29. The van der Waals surface area contributed by atoms with Gasteiger partial charge in [0.1, 0.15) is 6.61 Å². The van der Waals surface area contributed by atoms with Crippen LogP contribution in [-0.4, -0.2) is 47.9 Å². The summed E-state index contributed by atoms with van der Waals surface area (Å²) in [6.07, 6.45) is 4.13. The zero-order valence-electron chi connectivity index (χ0n) is 16.9. The highest BCUT2D eigenvalue weighted by atomic mass is 35.5. The first-order valence-electron chi connectivity index (χ1n) is 9.85. The van der Waals surface area contributed by atoms with Crippen molar-refractivity contribution in [1.82, 2.24) is 9.47 Å². The Morgan fingerprint density at radius 3 is 2.60 bits per heavy atom. The van der Waals surface area contributed by atoms with Gasteiger partial charge in [-0.1, -0.05) is 29.3 Å². The number of methoxy groups -OCH3 is 1. The molecule has 4 rings (SSSR count). The minimum absolute atomic E-state index is 0.111. The quantitative estimate of drug-likeness (QED) is 0.532. The second kappa shape index (κ2) is 8.80. The summed E-state index contributed by atoms with van der Waals surface area (Å²) in [6.45, 7) is 1.70. The van der Waals surface area contributed by atoms with Crippen LogP contribution in [0.15, 0.2) is 48.7 Å². The average Bonchev–Trinajstić information content (AvgIpc) is 3.33. The van der Waals surface area contributed by atoms with Crippen LogP contribution in [0.3, 0.4) is 0 Å². The number of rotatable bonds is 6. The van der Waals surface area contributed by atoms with Crippen LogP contribution >= 0.6 is 23.2 Å². The van der Waals surface area contributed by atoms with Gasteiger partial charge in [0.05, 0.1) is 22.8 Å². The summed E-state index contributed by atoms with van der Waals surface area (Å²) in [5.74, 6) is 1.43. The molecule has 0 radical (unpaired) electrons. The number of aromatic nitrogens is 1. The monoisotopic (exact) mass is 446 g/mol. The highest BCUT2D eigenvalue weighted by Gasteiger charge is 2.22. The Morgan fingerprint density at radius 1 is 1.07 bits per heavy atom. The number of ether oxygens (including phenoxy) is 2. The molecule has 0 saturated carbocycles. The number of nitrogens with zero attached hydrogens (tertiary/aromatic N) is 2. The molecule has 5 nitrogen and oxygen atoms in total. The Labute approximate surface area is 186 Å². The maximum absolute atomic E-state index is 10.9. The molecule has 1 unspecified atom stereocenters. The standard InChI is InChI=1S/C23H24Cl2N2O3/c1-26-10-3-4-17(26)14-30-22-13-16(6-8-21(22)29-2)27-11-9-18(23(27)28)15-5-7-19(24)20(25)12-15/h5-9,11-13,17,28H,3-4,10,14H2,1-2H3. The van der Waals surface area contributed by atoms with Gasteiger partial charge in [0, 0.05) is 23.9 Å². The molecule has 0 spiro atoms. The van der Waals surface area contributed by atoms with Crippen molar-refractivity contribution in [3.63, 3.8) is 0 Å². The summed E-state index contributed by atoms with van der Waals surface area (Å²) in [7, 11) is 3.75. The molecular weight excluding hydrogens is 423 g/mol. The number of likely N-dealkylation sites (tertiary alicyclic amines) is 1. The second-order valence-electron chi connectivity index (χ2n) is 7.47. The van der Waals surface area contributed by atoms with Crippen LogP contribution in [0.1, 0.15) is 12.8 Å². The molecule has 0 amide bonds. The van der Waals surface area contributed by atoms with E-state index in [1.165, 1.54) is 6.42 Å². The molecule has 1 aromatic heterocycles. The van der Waals surface area contributed by atoms with Gasteiger partial charge in [-0.05, 0) is 62.3 Å². The highest BCUT2D eigenvalue weighted by molar-refractivity contribution is 6.42. The van der Waals surface area contributed by atoms with E-state index in [4.69, 9.17) is 32.7 Å². The fraction of sp³-hybridized carbons (Fsp3) is 0.304. The molecule has 1 saturated heterocycles. The van der Waals surface area contributed by atoms with E-state index in [0.717, 1.165) is 24.2 Å². The Bertz CT molecular complexity index is 1050. The van der Waals surface area contributed by atoms with Crippen LogP contribution in [0.4, 0.5) is 0 Å². The number of aromatic hydroxyl groups is 1. The fourth-order valence-corrected chi connectivity index (χ4v) is 4.12. The van der Waals surface area contributed by atoms with Gasteiger partial charge in [-0.2, -0.15) is 0 Å². The van der Waals surface area contributed by atoms with Crippen LogP contribution < -0.4 is 9.47 Å². The van der Waals surface area contributed by atoms with Crippen molar-refractivity contribution in [2.24, 2.45) is 0 Å². The summed E-state index contributed by atoms with van der Waals surface area (Å²) in [4.78, 5) is 2.32. The van der Waals surface area contributed by atoms with E-state index in [1.54, 1.807) is 23.8 Å². The lowest BCUT2D eigenvalue weighted by Crippen LogP contribution is -2.30. The molecule has 0 aliphatic carbocycles. The third-order valence-electron chi connectivity index (χ3n) is 5.62. The summed E-state index contributed by atoms with van der Waals surface area (Å²) in [5.41, 5.74) is 2.23. The van der Waals surface area contributed by atoms with Gasteiger partial charge in [0.2, 0.25) is 5.88 Å². The van der Waals surface area contributed by atoms with Crippen molar-refractivity contribution in [1.29, 1.82) is 0 Å². The molecule has 158 valence electrons. The van der Waals surface area contributed by atoms with Crippen molar-refractivity contribution < 1.29 is 14.6 Å². The van der Waals surface area contributed by atoms with Crippen molar-refractivity contribution in [2.45, 2.75) is 18.9 Å². The first kappa shape index (κ1) is 20.9. The van der Waals surface area contributed by atoms with Crippen LogP contribution in [-0.2, 0) is 0 Å². The summed E-state index contributed by atoms with van der Waals surface area (Å²) in [5, 5.41) is 11.8. The minimum Gasteiger partial charge on any atom is -0.494 e. The van der Waals surface area contributed by atoms with Gasteiger partial charge in [0.15, 0.2) is 11.5 Å². The van der Waals surface area contributed by atoms with Crippen LogP contribution in [0.25, 0.3) is 16.8 Å². The number of likely N-dealkylation sites (N-methyl/N-ethyl adjacent to an activating group) is 1. The Balaban J connectivity index is 1.62. The molecule has 1 aliphatic heterocycles. The molecule has 1 aliphatic rings. The molecule has 1 atom stereocenters. The number of hydrogen-bond acceptors (Lipinski definition) is 4. The number of halogens is 2. The molecule has 30 heavy (non-hydrogen) atoms. The van der Waals surface area contributed by atoms with Crippen molar-refractivity contribution >= 4 is 23.2 Å². The van der Waals surface area contributed by atoms with Crippen molar-refractivity contribution in [3.8, 4) is 34.2 Å². The van der Waals surface area contributed by atoms with E-state index >= 15 is 0 Å². The lowest BCUT2D eigenvalue weighted by Gasteiger charge is -2.21.